The van der Waals surface area contributed by atoms with E-state index >= 15 is 0 Å². The second-order valence-corrected chi connectivity index (χ2v) is 5.03. The molecule has 106 valence electrons. The summed E-state index contributed by atoms with van der Waals surface area (Å²) in [6.45, 7) is 0.754. The average Bonchev–Trinajstić information content (AvgIpc) is 2.56. The second-order valence-electron chi connectivity index (χ2n) is 4.82. The van der Waals surface area contributed by atoms with Crippen molar-refractivity contribution in [2.45, 2.75) is 12.8 Å². The van der Waals surface area contributed by atoms with Crippen molar-refractivity contribution in [3.05, 3.63) is 59.9 Å². The number of anilines is 1. The number of pyridine rings is 1. The number of carbonyl (C=O) groups excluding carboxylic acids is 1. The predicted molar refractivity (Wildman–Crippen MR) is 86.2 cm³/mol. The Labute approximate surface area is 129 Å². The third-order valence-electron chi connectivity index (χ3n) is 3.52. The third-order valence-corrected chi connectivity index (χ3v) is 3.72. The number of amides is 1. The normalized spacial score (nSPS) is 13.4. The molecule has 1 aromatic carbocycles. The molecule has 0 atom stereocenters. The molecule has 2 aromatic rings. The van der Waals surface area contributed by atoms with Crippen molar-refractivity contribution in [2.75, 3.05) is 11.6 Å². The van der Waals surface area contributed by atoms with Crippen molar-refractivity contribution in [2.24, 2.45) is 0 Å². The molecule has 0 radical (unpaired) electrons. The summed E-state index contributed by atoms with van der Waals surface area (Å²) in [5, 5.41) is 3.42. The van der Waals surface area contributed by atoms with E-state index in [-0.39, 0.29) is 5.91 Å². The molecule has 5 heteroatoms. The number of hydrazine groups is 1. The molecule has 0 saturated carbocycles. The maximum atomic E-state index is 12.7. The number of nitrogens with zero attached hydrogens (tertiary/aromatic N) is 3. The lowest BCUT2D eigenvalue weighted by Gasteiger charge is -2.36. The Bertz CT molecular complexity index is 660. The fraction of sp³-hybridized carbons (Fsp3) is 0.188. The average molecular weight is 297 g/mol. The first-order chi connectivity index (χ1) is 10.3. The van der Waals surface area contributed by atoms with Crippen molar-refractivity contribution in [3.8, 4) is 0 Å². The Balaban J connectivity index is 1.95. The molecule has 4 nitrogen and oxygen atoms in total. The number of thiocarbonyl (C=S) groups is 1. The van der Waals surface area contributed by atoms with Crippen LogP contribution in [0, 0.1) is 0 Å². The maximum absolute atomic E-state index is 12.7. The molecule has 0 aliphatic carbocycles. The van der Waals surface area contributed by atoms with E-state index in [2.05, 4.69) is 4.98 Å². The van der Waals surface area contributed by atoms with Crippen LogP contribution in [-0.2, 0) is 6.42 Å². The molecule has 2 heterocycles. The van der Waals surface area contributed by atoms with Gasteiger partial charge in [0.05, 0.1) is 16.9 Å². The van der Waals surface area contributed by atoms with Crippen molar-refractivity contribution in [1.29, 1.82) is 0 Å². The Hall–Kier alpha value is -2.27. The Morgan fingerprint density at radius 3 is 2.81 bits per heavy atom. The predicted octanol–water partition coefficient (Wildman–Crippen LogP) is 2.85. The molecule has 0 N–H and O–H groups in total. The van der Waals surface area contributed by atoms with Gasteiger partial charge in [-0.05, 0) is 37.1 Å². The SMILES string of the molecule is O=C(c1ccccc1)N(C=S)N1CCCc2ncccc21. The molecule has 1 amide bonds. The number of hydrogen-bond acceptors (Lipinski definition) is 4. The highest BCUT2D eigenvalue weighted by Crippen LogP contribution is 2.26. The summed E-state index contributed by atoms with van der Waals surface area (Å²) in [5.41, 5.74) is 3.98. The number of rotatable bonds is 3. The van der Waals surface area contributed by atoms with Crippen LogP contribution in [0.1, 0.15) is 22.5 Å². The van der Waals surface area contributed by atoms with E-state index in [9.17, 15) is 4.79 Å². The number of benzene rings is 1. The van der Waals surface area contributed by atoms with Gasteiger partial charge in [-0.1, -0.05) is 30.4 Å². The lowest BCUT2D eigenvalue weighted by molar-refractivity contribution is 0.0840. The van der Waals surface area contributed by atoms with Crippen LogP contribution in [0.4, 0.5) is 5.69 Å². The fourth-order valence-corrected chi connectivity index (χ4v) is 2.73. The zero-order valence-electron chi connectivity index (χ0n) is 11.5. The van der Waals surface area contributed by atoms with E-state index in [1.54, 1.807) is 18.3 Å². The number of carbonyl (C=O) groups is 1. The first kappa shape index (κ1) is 13.7. The van der Waals surface area contributed by atoms with E-state index < -0.39 is 0 Å². The monoisotopic (exact) mass is 297 g/mol. The number of aryl methyl sites for hydroxylation is 1. The molecule has 0 fully saturated rings. The largest absolute Gasteiger partial charge is 0.277 e. The van der Waals surface area contributed by atoms with Gasteiger partial charge in [-0.3, -0.25) is 14.8 Å². The van der Waals surface area contributed by atoms with E-state index in [1.165, 1.54) is 10.5 Å². The zero-order chi connectivity index (χ0) is 14.7. The standard InChI is InChI=1S/C16H15N3OS/c20-16(13-6-2-1-3-7-13)19(12-21)18-11-5-8-14-15(18)9-4-10-17-14/h1-4,6-7,9-10,12H,5,8,11H2. The minimum Gasteiger partial charge on any atom is -0.276 e. The van der Waals surface area contributed by atoms with Crippen molar-refractivity contribution in [1.82, 2.24) is 9.99 Å². The molecule has 0 unspecified atom stereocenters. The maximum Gasteiger partial charge on any atom is 0.277 e. The van der Waals surface area contributed by atoms with Crippen molar-refractivity contribution >= 4 is 29.3 Å². The molecule has 21 heavy (non-hydrogen) atoms. The molecular weight excluding hydrogens is 282 g/mol. The van der Waals surface area contributed by atoms with Gasteiger partial charge in [0.25, 0.3) is 5.91 Å². The van der Waals surface area contributed by atoms with E-state index in [0.717, 1.165) is 30.8 Å². The summed E-state index contributed by atoms with van der Waals surface area (Å²) in [4.78, 5) is 17.0. The molecule has 1 aliphatic heterocycles. The van der Waals surface area contributed by atoms with Gasteiger partial charge in [-0.25, -0.2) is 5.01 Å². The summed E-state index contributed by atoms with van der Waals surface area (Å²) in [7, 11) is 0. The summed E-state index contributed by atoms with van der Waals surface area (Å²) >= 11 is 5.08. The second kappa shape index (κ2) is 6.01. The van der Waals surface area contributed by atoms with Gasteiger partial charge in [-0.2, -0.15) is 0 Å². The van der Waals surface area contributed by atoms with Gasteiger partial charge >= 0.3 is 0 Å². The quantitative estimate of drug-likeness (QED) is 0.816. The van der Waals surface area contributed by atoms with Crippen LogP contribution in [0.3, 0.4) is 0 Å². The lowest BCUT2D eigenvalue weighted by atomic mass is 10.1. The molecule has 1 aliphatic rings. The van der Waals surface area contributed by atoms with Gasteiger partial charge < -0.3 is 0 Å². The van der Waals surface area contributed by atoms with Gasteiger partial charge in [-0.15, -0.1) is 0 Å². The molecule has 0 bridgehead atoms. The lowest BCUT2D eigenvalue weighted by Crippen LogP contribution is -2.48. The van der Waals surface area contributed by atoms with Gasteiger partial charge in [0.1, 0.15) is 0 Å². The van der Waals surface area contributed by atoms with E-state index in [0.29, 0.717) is 5.56 Å². The Kier molecular flexibility index (Phi) is 3.92. The van der Waals surface area contributed by atoms with Crippen LogP contribution >= 0.6 is 12.2 Å². The molecule has 0 spiro atoms. The van der Waals surface area contributed by atoms with Gasteiger partial charge in [0.15, 0.2) is 0 Å². The highest BCUT2D eigenvalue weighted by molar-refractivity contribution is 7.78. The Morgan fingerprint density at radius 1 is 1.24 bits per heavy atom. The summed E-state index contributed by atoms with van der Waals surface area (Å²) in [5.74, 6) is -0.123. The van der Waals surface area contributed by atoms with Crippen LogP contribution in [0.25, 0.3) is 0 Å². The first-order valence-electron chi connectivity index (χ1n) is 6.86. The van der Waals surface area contributed by atoms with E-state index in [1.807, 2.05) is 35.3 Å². The summed E-state index contributed by atoms with van der Waals surface area (Å²) in [6, 6.07) is 13.0. The highest BCUT2D eigenvalue weighted by Gasteiger charge is 2.26. The van der Waals surface area contributed by atoms with Gasteiger partial charge in [0.2, 0.25) is 0 Å². The van der Waals surface area contributed by atoms with Crippen molar-refractivity contribution in [3.63, 3.8) is 0 Å². The highest BCUT2D eigenvalue weighted by atomic mass is 32.1. The fourth-order valence-electron chi connectivity index (χ4n) is 2.53. The number of fused-ring (bicyclic) bond motifs is 1. The summed E-state index contributed by atoms with van der Waals surface area (Å²) in [6.07, 6.45) is 3.66. The topological polar surface area (TPSA) is 36.4 Å². The number of hydrogen-bond donors (Lipinski definition) is 0. The zero-order valence-corrected chi connectivity index (χ0v) is 12.3. The number of aromatic nitrogens is 1. The molecule has 0 saturated heterocycles. The van der Waals surface area contributed by atoms with Crippen LogP contribution in [0.15, 0.2) is 48.7 Å². The minimum absolute atomic E-state index is 0.123. The minimum atomic E-state index is -0.123. The van der Waals surface area contributed by atoms with Gasteiger partial charge in [0, 0.05) is 18.3 Å². The van der Waals surface area contributed by atoms with E-state index in [4.69, 9.17) is 12.2 Å². The van der Waals surface area contributed by atoms with Crippen LogP contribution in [0.2, 0.25) is 0 Å². The van der Waals surface area contributed by atoms with Crippen LogP contribution in [0.5, 0.6) is 0 Å². The Morgan fingerprint density at radius 2 is 2.05 bits per heavy atom. The molecular formula is C16H15N3OS. The van der Waals surface area contributed by atoms with Crippen LogP contribution in [-0.4, -0.2) is 27.9 Å². The molecule has 1 aromatic heterocycles. The molecule has 3 rings (SSSR count). The third kappa shape index (κ3) is 2.64. The first-order valence-corrected chi connectivity index (χ1v) is 7.33. The van der Waals surface area contributed by atoms with Crippen molar-refractivity contribution < 1.29 is 4.79 Å². The van der Waals surface area contributed by atoms with Crippen LogP contribution < -0.4 is 5.01 Å². The smallest absolute Gasteiger partial charge is 0.276 e. The summed E-state index contributed by atoms with van der Waals surface area (Å²) < 4.78 is 0.